The Bertz CT molecular complexity index is 986. The third kappa shape index (κ3) is 3.75. The molecule has 1 amide bonds. The van der Waals surface area contributed by atoms with Crippen LogP contribution in [-0.4, -0.2) is 39.9 Å². The molecule has 0 spiro atoms. The maximum absolute atomic E-state index is 12.4. The van der Waals surface area contributed by atoms with E-state index in [2.05, 4.69) is 15.0 Å². The number of pyridine rings is 1. The minimum absolute atomic E-state index is 0.165. The molecule has 1 aromatic carbocycles. The van der Waals surface area contributed by atoms with Crippen LogP contribution in [0.1, 0.15) is 23.0 Å². The molecular formula is C20H20ClN5O. The molecule has 0 aliphatic carbocycles. The average molecular weight is 382 g/mol. The molecule has 27 heavy (non-hydrogen) atoms. The quantitative estimate of drug-likeness (QED) is 0.744. The lowest BCUT2D eigenvalue weighted by Gasteiger charge is -2.15. The normalized spacial score (nSPS) is 10.7. The number of benzene rings is 1. The van der Waals surface area contributed by atoms with Gasteiger partial charge in [-0.1, -0.05) is 24.6 Å². The number of nitrogens with zero attached hydrogens (tertiary/aromatic N) is 4. The van der Waals surface area contributed by atoms with Crippen molar-refractivity contribution in [1.82, 2.24) is 19.9 Å². The molecule has 2 aromatic heterocycles. The molecule has 2 heterocycles. The summed E-state index contributed by atoms with van der Waals surface area (Å²) in [5.41, 5.74) is 10.3. The standard InChI is InChI=1S/C20H20ClN5O/c1-4-16-18(13-6-8-17(22)23-10-13)19(25-11-24-16)12-5-7-15(21)14(9-12)20(27)26(2)3/h5-11H,4H2,1-3H3,(H2,22,23). The van der Waals surface area contributed by atoms with Gasteiger partial charge in [-0.2, -0.15) is 0 Å². The molecule has 0 aliphatic heterocycles. The first-order valence-electron chi connectivity index (χ1n) is 8.49. The summed E-state index contributed by atoms with van der Waals surface area (Å²) in [7, 11) is 3.38. The van der Waals surface area contributed by atoms with Crippen molar-refractivity contribution >= 4 is 23.3 Å². The van der Waals surface area contributed by atoms with Gasteiger partial charge in [0.1, 0.15) is 12.1 Å². The SMILES string of the molecule is CCc1ncnc(-c2ccc(Cl)c(C(=O)N(C)C)c2)c1-c1ccc(N)nc1. The van der Waals surface area contributed by atoms with Crippen LogP contribution in [-0.2, 0) is 6.42 Å². The van der Waals surface area contributed by atoms with Crippen LogP contribution in [0.25, 0.3) is 22.4 Å². The van der Waals surface area contributed by atoms with Crippen molar-refractivity contribution in [3.63, 3.8) is 0 Å². The van der Waals surface area contributed by atoms with Crippen molar-refractivity contribution in [2.24, 2.45) is 0 Å². The molecule has 0 aliphatic rings. The molecule has 0 unspecified atom stereocenters. The highest BCUT2D eigenvalue weighted by Crippen LogP contribution is 2.34. The van der Waals surface area contributed by atoms with Crippen molar-refractivity contribution < 1.29 is 4.79 Å². The van der Waals surface area contributed by atoms with Crippen molar-refractivity contribution in [1.29, 1.82) is 0 Å². The van der Waals surface area contributed by atoms with E-state index in [0.29, 0.717) is 16.4 Å². The number of anilines is 1. The van der Waals surface area contributed by atoms with Gasteiger partial charge in [0.25, 0.3) is 5.91 Å². The second kappa shape index (κ2) is 7.72. The number of halogens is 1. The Hall–Kier alpha value is -2.99. The summed E-state index contributed by atoms with van der Waals surface area (Å²) in [6.45, 7) is 2.03. The predicted molar refractivity (Wildman–Crippen MR) is 108 cm³/mol. The molecule has 0 saturated carbocycles. The average Bonchev–Trinajstić information content (AvgIpc) is 2.68. The van der Waals surface area contributed by atoms with E-state index in [4.69, 9.17) is 17.3 Å². The van der Waals surface area contributed by atoms with Gasteiger partial charge in [0.15, 0.2) is 0 Å². The first-order chi connectivity index (χ1) is 12.9. The zero-order valence-corrected chi connectivity index (χ0v) is 16.2. The molecule has 0 bridgehead atoms. The zero-order valence-electron chi connectivity index (χ0n) is 15.4. The lowest BCUT2D eigenvalue weighted by Crippen LogP contribution is -2.22. The number of carbonyl (C=O) groups is 1. The van der Waals surface area contributed by atoms with Crippen LogP contribution >= 0.6 is 11.6 Å². The minimum atomic E-state index is -0.165. The van der Waals surface area contributed by atoms with Crippen LogP contribution in [0.2, 0.25) is 5.02 Å². The summed E-state index contributed by atoms with van der Waals surface area (Å²) in [4.78, 5) is 27.0. The Balaban J connectivity index is 2.22. The van der Waals surface area contributed by atoms with Crippen LogP contribution in [0.15, 0.2) is 42.9 Å². The van der Waals surface area contributed by atoms with Crippen LogP contribution in [0, 0.1) is 0 Å². The fourth-order valence-corrected chi connectivity index (χ4v) is 3.04. The maximum Gasteiger partial charge on any atom is 0.254 e. The van der Waals surface area contributed by atoms with Crippen LogP contribution < -0.4 is 5.73 Å². The summed E-state index contributed by atoms with van der Waals surface area (Å²) in [6.07, 6.45) is 3.97. The first kappa shape index (κ1) is 18.8. The number of hydrogen-bond acceptors (Lipinski definition) is 5. The fraction of sp³-hybridized carbons (Fsp3) is 0.200. The minimum Gasteiger partial charge on any atom is -0.384 e. The molecule has 3 rings (SSSR count). The summed E-state index contributed by atoms with van der Waals surface area (Å²) in [5.74, 6) is 0.280. The molecule has 7 heteroatoms. The van der Waals surface area contributed by atoms with Crippen molar-refractivity contribution in [2.45, 2.75) is 13.3 Å². The van der Waals surface area contributed by atoms with Gasteiger partial charge < -0.3 is 10.6 Å². The summed E-state index contributed by atoms with van der Waals surface area (Å²) < 4.78 is 0. The largest absolute Gasteiger partial charge is 0.384 e. The molecule has 138 valence electrons. The zero-order chi connectivity index (χ0) is 19.6. The predicted octanol–water partition coefficient (Wildman–Crippen LogP) is 3.71. The molecule has 0 fully saturated rings. The van der Waals surface area contributed by atoms with Crippen LogP contribution in [0.4, 0.5) is 5.82 Å². The molecule has 3 aromatic rings. The number of nitrogen functional groups attached to an aromatic ring is 1. The number of carbonyl (C=O) groups excluding carboxylic acids is 1. The van der Waals surface area contributed by atoms with E-state index in [0.717, 1.165) is 34.5 Å². The number of aromatic nitrogens is 3. The third-order valence-corrected chi connectivity index (χ3v) is 4.54. The molecule has 0 saturated heterocycles. The van der Waals surface area contributed by atoms with Crippen molar-refractivity contribution in [3.05, 3.63) is 59.1 Å². The van der Waals surface area contributed by atoms with Gasteiger partial charge in [0.2, 0.25) is 0 Å². The number of hydrogen-bond donors (Lipinski definition) is 1. The number of nitrogens with two attached hydrogens (primary N) is 1. The molecular weight excluding hydrogens is 362 g/mol. The van der Waals surface area contributed by atoms with Crippen molar-refractivity contribution in [2.75, 3.05) is 19.8 Å². The fourth-order valence-electron chi connectivity index (χ4n) is 2.84. The maximum atomic E-state index is 12.4. The van der Waals surface area contributed by atoms with Gasteiger partial charge in [0, 0.05) is 37.0 Å². The van der Waals surface area contributed by atoms with E-state index in [1.165, 1.54) is 11.2 Å². The number of amides is 1. The second-order valence-electron chi connectivity index (χ2n) is 6.26. The third-order valence-electron chi connectivity index (χ3n) is 4.21. The van der Waals surface area contributed by atoms with E-state index >= 15 is 0 Å². The molecule has 0 atom stereocenters. The molecule has 0 radical (unpaired) electrons. The van der Waals surface area contributed by atoms with Gasteiger partial charge in [-0.3, -0.25) is 4.79 Å². The number of rotatable bonds is 4. The highest BCUT2D eigenvalue weighted by molar-refractivity contribution is 6.34. The Morgan fingerprint density at radius 2 is 1.85 bits per heavy atom. The van der Waals surface area contributed by atoms with E-state index in [1.807, 2.05) is 19.1 Å². The summed E-state index contributed by atoms with van der Waals surface area (Å²) in [6, 6.07) is 8.97. The Morgan fingerprint density at radius 3 is 2.48 bits per heavy atom. The van der Waals surface area contributed by atoms with Gasteiger partial charge in [-0.05, 0) is 30.7 Å². The lowest BCUT2D eigenvalue weighted by molar-refractivity contribution is 0.0828. The van der Waals surface area contributed by atoms with Gasteiger partial charge in [0.05, 0.1) is 22.0 Å². The Labute approximate surface area is 163 Å². The highest BCUT2D eigenvalue weighted by Gasteiger charge is 2.18. The molecule has 2 N–H and O–H groups in total. The second-order valence-corrected chi connectivity index (χ2v) is 6.67. The summed E-state index contributed by atoms with van der Waals surface area (Å²) in [5, 5.41) is 0.401. The van der Waals surface area contributed by atoms with Crippen molar-refractivity contribution in [3.8, 4) is 22.4 Å². The van der Waals surface area contributed by atoms with Gasteiger partial charge in [-0.25, -0.2) is 15.0 Å². The smallest absolute Gasteiger partial charge is 0.254 e. The lowest BCUT2D eigenvalue weighted by atomic mass is 9.96. The van der Waals surface area contributed by atoms with E-state index in [9.17, 15) is 4.79 Å². The summed E-state index contributed by atoms with van der Waals surface area (Å²) >= 11 is 6.25. The van der Waals surface area contributed by atoms with Gasteiger partial charge in [-0.15, -0.1) is 0 Å². The Morgan fingerprint density at radius 1 is 1.11 bits per heavy atom. The van der Waals surface area contributed by atoms with Crippen LogP contribution in [0.3, 0.4) is 0 Å². The Kier molecular flexibility index (Phi) is 5.37. The number of aryl methyl sites for hydroxylation is 1. The first-order valence-corrected chi connectivity index (χ1v) is 8.87. The van der Waals surface area contributed by atoms with Gasteiger partial charge >= 0.3 is 0 Å². The van der Waals surface area contributed by atoms with E-state index < -0.39 is 0 Å². The highest BCUT2D eigenvalue weighted by atomic mass is 35.5. The monoisotopic (exact) mass is 381 g/mol. The topological polar surface area (TPSA) is 85.0 Å². The van der Waals surface area contributed by atoms with E-state index in [1.54, 1.807) is 38.5 Å². The van der Waals surface area contributed by atoms with E-state index in [-0.39, 0.29) is 5.91 Å². The van der Waals surface area contributed by atoms with Crippen LogP contribution in [0.5, 0.6) is 0 Å². The molecule has 6 nitrogen and oxygen atoms in total.